The summed E-state index contributed by atoms with van der Waals surface area (Å²) in [4.78, 5) is 0. The number of nitrogens with one attached hydrogen (secondary N) is 1. The van der Waals surface area contributed by atoms with Gasteiger partial charge in [-0.05, 0) is 53.6 Å². The Labute approximate surface area is 195 Å². The number of nitrogens with zero attached hydrogens (tertiary/aromatic N) is 3. The van der Waals surface area contributed by atoms with Crippen molar-refractivity contribution in [2.45, 2.75) is 13.2 Å². The molecular weight excluding hydrogens is 447 g/mol. The highest BCUT2D eigenvalue weighted by atomic mass is 35.5. The number of rotatable bonds is 7. The molecule has 4 aromatic rings. The summed E-state index contributed by atoms with van der Waals surface area (Å²) in [5.41, 5.74) is 2.47. The molecule has 4 rings (SSSR count). The highest BCUT2D eigenvalue weighted by molar-refractivity contribution is 6.34. The van der Waals surface area contributed by atoms with Crippen LogP contribution in [0.1, 0.15) is 16.7 Å². The molecule has 0 aliphatic carbocycles. The second kappa shape index (κ2) is 9.73. The molecule has 0 unspecified atom stereocenters. The average molecular weight is 465 g/mol. The maximum atomic E-state index is 9.11. The molecule has 32 heavy (non-hydrogen) atoms. The van der Waals surface area contributed by atoms with Crippen molar-refractivity contribution >= 4 is 39.8 Å². The highest BCUT2D eigenvalue weighted by Crippen LogP contribution is 2.29. The number of anilines is 1. The third kappa shape index (κ3) is 4.86. The standard InChI is InChI=1S/C24H18Cl2N4O2/c1-31-18-6-2-15(3-7-18)14-32-22-9-5-17(11-21(22)25)13-28-24-19-8-4-16(12-27)10-20(19)23(26)29-30-24/h2-11H,13-14H2,1H3,(H,28,30). The Morgan fingerprint density at radius 1 is 0.938 bits per heavy atom. The molecule has 160 valence electrons. The summed E-state index contributed by atoms with van der Waals surface area (Å²) in [5.74, 6) is 1.98. The average Bonchev–Trinajstić information content (AvgIpc) is 2.83. The first-order valence-corrected chi connectivity index (χ1v) is 10.5. The lowest BCUT2D eigenvalue weighted by Crippen LogP contribution is -2.04. The van der Waals surface area contributed by atoms with Gasteiger partial charge in [-0.25, -0.2) is 0 Å². The zero-order chi connectivity index (χ0) is 22.5. The van der Waals surface area contributed by atoms with E-state index in [-0.39, 0.29) is 5.15 Å². The third-order valence-electron chi connectivity index (χ3n) is 4.87. The van der Waals surface area contributed by atoms with Gasteiger partial charge in [0.2, 0.25) is 0 Å². The monoisotopic (exact) mass is 464 g/mol. The summed E-state index contributed by atoms with van der Waals surface area (Å²) >= 11 is 12.6. The minimum atomic E-state index is 0.254. The zero-order valence-corrected chi connectivity index (χ0v) is 18.6. The smallest absolute Gasteiger partial charge is 0.159 e. The second-order valence-corrected chi connectivity index (χ2v) is 7.73. The Bertz CT molecular complexity index is 1300. The van der Waals surface area contributed by atoms with Gasteiger partial charge < -0.3 is 14.8 Å². The van der Waals surface area contributed by atoms with Crippen LogP contribution in [0.5, 0.6) is 11.5 Å². The number of ether oxygens (including phenoxy) is 2. The molecule has 8 heteroatoms. The molecule has 0 atom stereocenters. The van der Waals surface area contributed by atoms with E-state index in [4.69, 9.17) is 37.9 Å². The van der Waals surface area contributed by atoms with Gasteiger partial charge in [-0.1, -0.05) is 41.4 Å². The summed E-state index contributed by atoms with van der Waals surface area (Å²) in [5, 5.41) is 22.7. The van der Waals surface area contributed by atoms with Crippen LogP contribution in [0.15, 0.2) is 60.7 Å². The molecule has 3 aromatic carbocycles. The number of methoxy groups -OCH3 is 1. The largest absolute Gasteiger partial charge is 0.497 e. The number of fused-ring (bicyclic) bond motifs is 1. The van der Waals surface area contributed by atoms with E-state index >= 15 is 0 Å². The fourth-order valence-corrected chi connectivity index (χ4v) is 3.62. The van der Waals surface area contributed by atoms with Crippen LogP contribution < -0.4 is 14.8 Å². The minimum absolute atomic E-state index is 0.254. The number of aromatic nitrogens is 2. The SMILES string of the molecule is COc1ccc(COc2ccc(CNc3nnc(Cl)c4cc(C#N)ccc34)cc2Cl)cc1. The first kappa shape index (κ1) is 21.7. The maximum absolute atomic E-state index is 9.11. The van der Waals surface area contributed by atoms with Gasteiger partial charge in [-0.15, -0.1) is 10.2 Å². The number of nitriles is 1. The Balaban J connectivity index is 1.44. The quantitative estimate of drug-likeness (QED) is 0.360. The molecule has 0 radical (unpaired) electrons. The Morgan fingerprint density at radius 2 is 1.72 bits per heavy atom. The van der Waals surface area contributed by atoms with Crippen LogP contribution in [-0.2, 0) is 13.2 Å². The van der Waals surface area contributed by atoms with Crippen molar-refractivity contribution in [2.75, 3.05) is 12.4 Å². The molecule has 1 N–H and O–H groups in total. The molecule has 0 aliphatic heterocycles. The summed E-state index contributed by atoms with van der Waals surface area (Å²) < 4.78 is 11.0. The van der Waals surface area contributed by atoms with Crippen LogP contribution in [0, 0.1) is 11.3 Å². The van der Waals surface area contributed by atoms with Crippen molar-refractivity contribution in [3.63, 3.8) is 0 Å². The molecule has 1 heterocycles. The molecule has 0 aliphatic rings. The van der Waals surface area contributed by atoms with Gasteiger partial charge in [0.05, 0.1) is 23.8 Å². The number of hydrogen-bond acceptors (Lipinski definition) is 6. The van der Waals surface area contributed by atoms with Crippen molar-refractivity contribution in [3.05, 3.63) is 87.5 Å². The molecule has 0 bridgehead atoms. The first-order valence-electron chi connectivity index (χ1n) is 9.71. The summed E-state index contributed by atoms with van der Waals surface area (Å²) in [7, 11) is 1.63. The van der Waals surface area contributed by atoms with Crippen LogP contribution in [0.4, 0.5) is 5.82 Å². The molecule has 0 saturated heterocycles. The normalized spacial score (nSPS) is 10.6. The Hall–Kier alpha value is -3.53. The van der Waals surface area contributed by atoms with Crippen molar-refractivity contribution in [1.82, 2.24) is 10.2 Å². The summed E-state index contributed by atoms with van der Waals surface area (Å²) in [6.07, 6.45) is 0. The summed E-state index contributed by atoms with van der Waals surface area (Å²) in [6.45, 7) is 0.877. The lowest BCUT2D eigenvalue weighted by Gasteiger charge is -2.12. The number of hydrogen-bond donors (Lipinski definition) is 1. The van der Waals surface area contributed by atoms with E-state index in [9.17, 15) is 0 Å². The van der Waals surface area contributed by atoms with Crippen molar-refractivity contribution in [3.8, 4) is 17.6 Å². The van der Waals surface area contributed by atoms with Crippen LogP contribution in [-0.4, -0.2) is 17.3 Å². The van der Waals surface area contributed by atoms with E-state index in [2.05, 4.69) is 21.6 Å². The number of benzene rings is 3. The van der Waals surface area contributed by atoms with E-state index in [1.54, 1.807) is 25.3 Å². The molecule has 6 nitrogen and oxygen atoms in total. The van der Waals surface area contributed by atoms with Crippen LogP contribution >= 0.6 is 23.2 Å². The lowest BCUT2D eigenvalue weighted by molar-refractivity contribution is 0.306. The van der Waals surface area contributed by atoms with Gasteiger partial charge in [0, 0.05) is 17.3 Å². The van der Waals surface area contributed by atoms with E-state index in [1.165, 1.54) is 0 Å². The molecule has 1 aromatic heterocycles. The Kier molecular flexibility index (Phi) is 6.60. The molecule has 0 fully saturated rings. The number of halogens is 2. The topological polar surface area (TPSA) is 80.1 Å². The minimum Gasteiger partial charge on any atom is -0.497 e. The highest BCUT2D eigenvalue weighted by Gasteiger charge is 2.10. The van der Waals surface area contributed by atoms with Crippen LogP contribution in [0.3, 0.4) is 0 Å². The first-order chi connectivity index (χ1) is 15.6. The Morgan fingerprint density at radius 3 is 2.44 bits per heavy atom. The fourth-order valence-electron chi connectivity index (χ4n) is 3.16. The van der Waals surface area contributed by atoms with Crippen LogP contribution in [0.25, 0.3) is 10.8 Å². The summed E-state index contributed by atoms with van der Waals surface area (Å²) in [6, 6.07) is 20.6. The van der Waals surface area contributed by atoms with Crippen LogP contribution in [0.2, 0.25) is 10.2 Å². The van der Waals surface area contributed by atoms with Crippen molar-refractivity contribution in [1.29, 1.82) is 5.26 Å². The maximum Gasteiger partial charge on any atom is 0.159 e. The molecule has 0 amide bonds. The molecule has 0 spiro atoms. The molecule has 0 saturated carbocycles. The predicted molar refractivity (Wildman–Crippen MR) is 125 cm³/mol. The van der Waals surface area contributed by atoms with Crippen molar-refractivity contribution in [2.24, 2.45) is 0 Å². The van der Waals surface area contributed by atoms with Gasteiger partial charge in [0.15, 0.2) is 11.0 Å². The van der Waals surface area contributed by atoms with E-state index < -0.39 is 0 Å². The van der Waals surface area contributed by atoms with Gasteiger partial charge >= 0.3 is 0 Å². The third-order valence-corrected chi connectivity index (χ3v) is 5.45. The zero-order valence-electron chi connectivity index (χ0n) is 17.1. The molecular formula is C24H18Cl2N4O2. The van der Waals surface area contributed by atoms with E-state index in [1.807, 2.05) is 42.5 Å². The lowest BCUT2D eigenvalue weighted by atomic mass is 10.1. The van der Waals surface area contributed by atoms with E-state index in [0.29, 0.717) is 40.7 Å². The fraction of sp³-hybridized carbons (Fsp3) is 0.125. The van der Waals surface area contributed by atoms with Gasteiger partial charge in [0.1, 0.15) is 18.1 Å². The predicted octanol–water partition coefficient (Wildman–Crippen LogP) is 6.01. The van der Waals surface area contributed by atoms with Gasteiger partial charge in [0.25, 0.3) is 0 Å². The van der Waals surface area contributed by atoms with Gasteiger partial charge in [-0.2, -0.15) is 5.26 Å². The second-order valence-electron chi connectivity index (χ2n) is 6.97. The van der Waals surface area contributed by atoms with Crippen molar-refractivity contribution < 1.29 is 9.47 Å². The van der Waals surface area contributed by atoms with Gasteiger partial charge in [-0.3, -0.25) is 0 Å². The van der Waals surface area contributed by atoms with E-state index in [0.717, 1.165) is 22.3 Å².